The van der Waals surface area contributed by atoms with Gasteiger partial charge in [0.25, 0.3) is 0 Å². The van der Waals surface area contributed by atoms with E-state index in [0.29, 0.717) is 17.0 Å². The lowest BCUT2D eigenvalue weighted by Gasteiger charge is -2.36. The molecule has 2 aromatic carbocycles. The molecule has 3 aromatic rings. The predicted molar refractivity (Wildman–Crippen MR) is 124 cm³/mol. The van der Waals surface area contributed by atoms with Gasteiger partial charge in [-0.2, -0.15) is 0 Å². The van der Waals surface area contributed by atoms with Gasteiger partial charge >= 0.3 is 5.97 Å². The molecule has 5 nitrogen and oxygen atoms in total. The Morgan fingerprint density at radius 1 is 0.968 bits per heavy atom. The summed E-state index contributed by atoms with van der Waals surface area (Å²) in [5, 5.41) is 9.39. The van der Waals surface area contributed by atoms with E-state index in [0.717, 1.165) is 45.0 Å². The van der Waals surface area contributed by atoms with E-state index in [2.05, 4.69) is 75.4 Å². The number of aromatic nitrogens is 1. The maximum Gasteiger partial charge on any atom is 0.336 e. The monoisotopic (exact) mass is 415 g/mol. The molecular weight excluding hydrogens is 386 g/mol. The van der Waals surface area contributed by atoms with E-state index in [1.165, 1.54) is 11.1 Å². The Hall–Kier alpha value is -3.18. The molecule has 1 N–H and O–H groups in total. The smallest absolute Gasteiger partial charge is 0.336 e. The summed E-state index contributed by atoms with van der Waals surface area (Å²) in [6.07, 6.45) is 2.73. The molecule has 0 saturated carbocycles. The van der Waals surface area contributed by atoms with Gasteiger partial charge in [-0.05, 0) is 42.6 Å². The van der Waals surface area contributed by atoms with Crippen LogP contribution in [-0.4, -0.2) is 53.7 Å². The number of anilines is 1. The number of hydrogen-bond acceptors (Lipinski definition) is 4. The second kappa shape index (κ2) is 9.75. The molecule has 0 unspecified atom stereocenters. The Morgan fingerprint density at radius 2 is 1.55 bits per heavy atom. The predicted octanol–water partition coefficient (Wildman–Crippen LogP) is 4.43. The van der Waals surface area contributed by atoms with Gasteiger partial charge in [-0.1, -0.05) is 60.7 Å². The zero-order valence-electron chi connectivity index (χ0n) is 17.9. The molecule has 0 radical (unpaired) electrons. The van der Waals surface area contributed by atoms with Crippen molar-refractivity contribution < 1.29 is 9.90 Å². The fourth-order valence-electron chi connectivity index (χ4n) is 4.32. The van der Waals surface area contributed by atoms with E-state index < -0.39 is 5.97 Å². The zero-order chi connectivity index (χ0) is 21.6. The van der Waals surface area contributed by atoms with Gasteiger partial charge < -0.3 is 10.0 Å². The Morgan fingerprint density at radius 3 is 2.10 bits per heavy atom. The first-order valence-corrected chi connectivity index (χ1v) is 10.9. The normalized spacial score (nSPS) is 14.7. The number of aromatic carboxylic acids is 1. The number of piperazine rings is 1. The number of carboxylic acids is 1. The standard InChI is InChI=1S/C26H29N3O2/c1-20-19-27-25(18-24(20)26(30)31)29-16-14-28(15-17-29)13-12-23(21-8-4-2-5-9-21)22-10-6-3-7-11-22/h2-11,18-19,23H,12-17H2,1H3,(H,30,31). The fraction of sp³-hybridized carbons (Fsp3) is 0.308. The summed E-state index contributed by atoms with van der Waals surface area (Å²) in [7, 11) is 0. The maximum atomic E-state index is 11.4. The van der Waals surface area contributed by atoms with E-state index in [4.69, 9.17) is 0 Å². The fourth-order valence-corrected chi connectivity index (χ4v) is 4.32. The quantitative estimate of drug-likeness (QED) is 0.619. The molecule has 0 atom stereocenters. The van der Waals surface area contributed by atoms with Crippen molar-refractivity contribution in [2.45, 2.75) is 19.3 Å². The first kappa shape index (κ1) is 21.1. The van der Waals surface area contributed by atoms with Gasteiger partial charge in [0.15, 0.2) is 0 Å². The van der Waals surface area contributed by atoms with Crippen LogP contribution in [-0.2, 0) is 0 Å². The third-order valence-electron chi connectivity index (χ3n) is 6.15. The number of pyridine rings is 1. The van der Waals surface area contributed by atoms with Gasteiger partial charge in [-0.3, -0.25) is 4.90 Å². The van der Waals surface area contributed by atoms with Crippen LogP contribution in [0.5, 0.6) is 0 Å². The van der Waals surface area contributed by atoms with E-state index in [1.54, 1.807) is 19.2 Å². The highest BCUT2D eigenvalue weighted by atomic mass is 16.4. The summed E-state index contributed by atoms with van der Waals surface area (Å²) >= 11 is 0. The average Bonchev–Trinajstić information content (AvgIpc) is 2.81. The van der Waals surface area contributed by atoms with Crippen LogP contribution in [0.4, 0.5) is 5.82 Å². The van der Waals surface area contributed by atoms with Crippen LogP contribution in [0.15, 0.2) is 72.9 Å². The largest absolute Gasteiger partial charge is 0.478 e. The molecule has 0 amide bonds. The minimum atomic E-state index is -0.896. The van der Waals surface area contributed by atoms with E-state index in [-0.39, 0.29) is 0 Å². The lowest BCUT2D eigenvalue weighted by molar-refractivity contribution is 0.0696. The topological polar surface area (TPSA) is 56.7 Å². The number of nitrogens with zero attached hydrogens (tertiary/aromatic N) is 3. The molecule has 5 heteroatoms. The minimum Gasteiger partial charge on any atom is -0.478 e. The molecule has 1 aromatic heterocycles. The summed E-state index contributed by atoms with van der Waals surface area (Å²) in [4.78, 5) is 20.6. The highest BCUT2D eigenvalue weighted by molar-refractivity contribution is 5.90. The van der Waals surface area contributed by atoms with Crippen LogP contribution >= 0.6 is 0 Å². The SMILES string of the molecule is Cc1cnc(N2CCN(CCC(c3ccccc3)c3ccccc3)CC2)cc1C(=O)O. The molecule has 1 saturated heterocycles. The molecule has 1 fully saturated rings. The van der Waals surface area contributed by atoms with Gasteiger partial charge in [0.2, 0.25) is 0 Å². The summed E-state index contributed by atoms with van der Waals surface area (Å²) in [5.41, 5.74) is 3.75. The lowest BCUT2D eigenvalue weighted by atomic mass is 9.88. The number of aryl methyl sites for hydroxylation is 1. The van der Waals surface area contributed by atoms with Crippen LogP contribution < -0.4 is 4.90 Å². The minimum absolute atomic E-state index is 0.334. The summed E-state index contributed by atoms with van der Waals surface area (Å²) < 4.78 is 0. The molecule has 4 rings (SSSR count). The lowest BCUT2D eigenvalue weighted by Crippen LogP contribution is -2.47. The van der Waals surface area contributed by atoms with Crippen molar-refractivity contribution in [2.24, 2.45) is 0 Å². The van der Waals surface area contributed by atoms with E-state index >= 15 is 0 Å². The van der Waals surface area contributed by atoms with Crippen molar-refractivity contribution in [3.05, 3.63) is 95.2 Å². The number of carboxylic acid groups (broad SMARTS) is 1. The number of rotatable bonds is 7. The molecule has 0 bridgehead atoms. The van der Waals surface area contributed by atoms with Crippen molar-refractivity contribution in [1.82, 2.24) is 9.88 Å². The first-order chi connectivity index (χ1) is 15.1. The van der Waals surface area contributed by atoms with Crippen LogP contribution in [0.1, 0.15) is 39.4 Å². The Kier molecular flexibility index (Phi) is 6.63. The van der Waals surface area contributed by atoms with Gasteiger partial charge in [0, 0.05) is 38.3 Å². The molecule has 0 spiro atoms. The van der Waals surface area contributed by atoms with Crippen molar-refractivity contribution in [1.29, 1.82) is 0 Å². The Balaban J connectivity index is 1.38. The Bertz CT molecular complexity index is 960. The third-order valence-corrected chi connectivity index (χ3v) is 6.15. The highest BCUT2D eigenvalue weighted by Gasteiger charge is 2.21. The number of benzene rings is 2. The average molecular weight is 416 g/mol. The molecule has 1 aliphatic rings. The van der Waals surface area contributed by atoms with Gasteiger partial charge in [0.05, 0.1) is 5.56 Å². The van der Waals surface area contributed by atoms with E-state index in [1.807, 2.05) is 0 Å². The number of carbonyl (C=O) groups is 1. The third kappa shape index (κ3) is 5.12. The zero-order valence-corrected chi connectivity index (χ0v) is 17.9. The van der Waals surface area contributed by atoms with Gasteiger partial charge in [0.1, 0.15) is 5.82 Å². The summed E-state index contributed by atoms with van der Waals surface area (Å²) in [6, 6.07) is 23.2. The second-order valence-electron chi connectivity index (χ2n) is 8.15. The van der Waals surface area contributed by atoms with E-state index in [9.17, 15) is 9.90 Å². The van der Waals surface area contributed by atoms with Crippen molar-refractivity contribution in [3.63, 3.8) is 0 Å². The van der Waals surface area contributed by atoms with Crippen molar-refractivity contribution >= 4 is 11.8 Å². The summed E-state index contributed by atoms with van der Waals surface area (Å²) in [6.45, 7) is 6.44. The summed E-state index contributed by atoms with van der Waals surface area (Å²) in [5.74, 6) is 0.249. The molecule has 0 aliphatic carbocycles. The van der Waals surface area contributed by atoms with Crippen LogP contribution in [0, 0.1) is 6.92 Å². The van der Waals surface area contributed by atoms with Crippen molar-refractivity contribution in [3.8, 4) is 0 Å². The molecular formula is C26H29N3O2. The van der Waals surface area contributed by atoms with Crippen molar-refractivity contribution in [2.75, 3.05) is 37.6 Å². The second-order valence-corrected chi connectivity index (χ2v) is 8.15. The number of hydrogen-bond donors (Lipinski definition) is 1. The van der Waals surface area contributed by atoms with Crippen LogP contribution in [0.25, 0.3) is 0 Å². The maximum absolute atomic E-state index is 11.4. The molecule has 1 aliphatic heterocycles. The van der Waals surface area contributed by atoms with Crippen LogP contribution in [0.2, 0.25) is 0 Å². The Labute approximate surface area is 184 Å². The van der Waals surface area contributed by atoms with Gasteiger partial charge in [-0.25, -0.2) is 9.78 Å². The molecule has 31 heavy (non-hydrogen) atoms. The molecule has 160 valence electrons. The molecule has 2 heterocycles. The van der Waals surface area contributed by atoms with Gasteiger partial charge in [-0.15, -0.1) is 0 Å². The first-order valence-electron chi connectivity index (χ1n) is 10.9. The van der Waals surface area contributed by atoms with Crippen LogP contribution in [0.3, 0.4) is 0 Å². The highest BCUT2D eigenvalue weighted by Crippen LogP contribution is 2.28.